The Morgan fingerprint density at radius 3 is 2.68 bits per heavy atom. The molecule has 0 aliphatic carbocycles. The lowest BCUT2D eigenvalue weighted by molar-refractivity contribution is 0.293. The summed E-state index contributed by atoms with van der Waals surface area (Å²) in [4.78, 5) is 0. The van der Waals surface area contributed by atoms with E-state index >= 15 is 0 Å². The van der Waals surface area contributed by atoms with Crippen LogP contribution in [0.1, 0.15) is 22.5 Å². The van der Waals surface area contributed by atoms with E-state index in [2.05, 4.69) is 11.2 Å². The molecule has 0 amide bonds. The summed E-state index contributed by atoms with van der Waals surface area (Å²) in [5.41, 5.74) is 3.83. The molecule has 1 N–H and O–H groups in total. The highest BCUT2D eigenvalue weighted by atomic mass is 16.5. The Morgan fingerprint density at radius 1 is 1.16 bits per heavy atom. The van der Waals surface area contributed by atoms with Crippen LogP contribution in [0, 0.1) is 18.3 Å². The minimum atomic E-state index is 0.0992. The summed E-state index contributed by atoms with van der Waals surface area (Å²) in [5.74, 6) is 0.702. The van der Waals surface area contributed by atoms with Gasteiger partial charge in [-0.05, 0) is 43.2 Å². The molecule has 0 radical (unpaired) electrons. The van der Waals surface area contributed by atoms with E-state index in [4.69, 9.17) is 9.84 Å². The Balaban J connectivity index is 1.89. The molecule has 126 valence electrons. The monoisotopic (exact) mass is 333 g/mol. The number of para-hydroxylation sites is 1. The van der Waals surface area contributed by atoms with Gasteiger partial charge in [0, 0.05) is 6.61 Å². The van der Waals surface area contributed by atoms with Crippen LogP contribution in [0.2, 0.25) is 0 Å². The van der Waals surface area contributed by atoms with Gasteiger partial charge < -0.3 is 9.84 Å². The standard InChI is InChI=1S/C20H19N3O2/c1-15-19(13-21)20(23(22-15)17-7-3-2-4-8-17)14-25-18-9-5-6-16(12-18)10-11-24/h2-9,12,24H,10-11,14H2,1H3. The second kappa shape index (κ2) is 7.65. The molecule has 0 atom stereocenters. The van der Waals surface area contributed by atoms with Gasteiger partial charge in [0.2, 0.25) is 0 Å². The van der Waals surface area contributed by atoms with E-state index in [0.29, 0.717) is 23.4 Å². The highest BCUT2D eigenvalue weighted by Crippen LogP contribution is 2.21. The second-order valence-electron chi connectivity index (χ2n) is 5.68. The first-order valence-electron chi connectivity index (χ1n) is 8.09. The molecule has 5 nitrogen and oxygen atoms in total. The van der Waals surface area contributed by atoms with Crippen LogP contribution in [0.4, 0.5) is 0 Å². The number of aliphatic hydroxyl groups is 1. The Kier molecular flexibility index (Phi) is 5.12. The van der Waals surface area contributed by atoms with Gasteiger partial charge in [-0.3, -0.25) is 0 Å². The van der Waals surface area contributed by atoms with Gasteiger partial charge in [-0.1, -0.05) is 30.3 Å². The maximum Gasteiger partial charge on any atom is 0.132 e. The molecule has 5 heteroatoms. The van der Waals surface area contributed by atoms with Crippen LogP contribution in [-0.2, 0) is 13.0 Å². The van der Waals surface area contributed by atoms with E-state index in [1.165, 1.54) is 0 Å². The molecule has 0 unspecified atom stereocenters. The van der Waals surface area contributed by atoms with Gasteiger partial charge >= 0.3 is 0 Å². The number of hydrogen-bond donors (Lipinski definition) is 1. The van der Waals surface area contributed by atoms with Gasteiger partial charge in [0.05, 0.1) is 17.1 Å². The molecule has 0 bridgehead atoms. The molecule has 0 saturated carbocycles. The van der Waals surface area contributed by atoms with Crippen LogP contribution in [0.25, 0.3) is 5.69 Å². The first-order chi connectivity index (χ1) is 12.2. The van der Waals surface area contributed by atoms with Crippen molar-refractivity contribution in [3.05, 3.63) is 77.1 Å². The minimum Gasteiger partial charge on any atom is -0.487 e. The summed E-state index contributed by atoms with van der Waals surface area (Å²) in [6.45, 7) is 2.16. The first kappa shape index (κ1) is 16.7. The van der Waals surface area contributed by atoms with Crippen molar-refractivity contribution in [1.82, 2.24) is 9.78 Å². The van der Waals surface area contributed by atoms with Crippen LogP contribution in [-0.4, -0.2) is 21.5 Å². The molecular weight excluding hydrogens is 314 g/mol. The van der Waals surface area contributed by atoms with Gasteiger partial charge in [0.1, 0.15) is 24.0 Å². The zero-order chi connectivity index (χ0) is 17.6. The fourth-order valence-electron chi connectivity index (χ4n) is 2.71. The van der Waals surface area contributed by atoms with Crippen molar-refractivity contribution in [2.24, 2.45) is 0 Å². The number of hydrogen-bond acceptors (Lipinski definition) is 4. The topological polar surface area (TPSA) is 71.1 Å². The third-order valence-electron chi connectivity index (χ3n) is 3.94. The molecule has 3 rings (SSSR count). The Labute approximate surface area is 146 Å². The van der Waals surface area contributed by atoms with Crippen molar-refractivity contribution >= 4 is 0 Å². The summed E-state index contributed by atoms with van der Waals surface area (Å²) >= 11 is 0. The number of nitriles is 1. The predicted molar refractivity (Wildman–Crippen MR) is 94.6 cm³/mol. The van der Waals surface area contributed by atoms with E-state index in [0.717, 1.165) is 16.9 Å². The maximum absolute atomic E-state index is 9.48. The van der Waals surface area contributed by atoms with E-state index in [1.54, 1.807) is 4.68 Å². The Hall–Kier alpha value is -3.10. The van der Waals surface area contributed by atoms with E-state index in [9.17, 15) is 5.26 Å². The maximum atomic E-state index is 9.48. The van der Waals surface area contributed by atoms with Crippen molar-refractivity contribution < 1.29 is 9.84 Å². The third kappa shape index (κ3) is 3.70. The lowest BCUT2D eigenvalue weighted by Crippen LogP contribution is -2.07. The molecule has 0 spiro atoms. The van der Waals surface area contributed by atoms with Crippen molar-refractivity contribution in [2.45, 2.75) is 20.0 Å². The van der Waals surface area contributed by atoms with Crippen molar-refractivity contribution in [2.75, 3.05) is 6.61 Å². The normalized spacial score (nSPS) is 10.4. The van der Waals surface area contributed by atoms with Gasteiger partial charge in [0.25, 0.3) is 0 Å². The number of aromatic nitrogens is 2. The third-order valence-corrected chi connectivity index (χ3v) is 3.94. The number of rotatable bonds is 6. The van der Waals surface area contributed by atoms with E-state index in [1.807, 2.05) is 61.5 Å². The van der Waals surface area contributed by atoms with Crippen molar-refractivity contribution in [3.8, 4) is 17.5 Å². The fraction of sp³-hybridized carbons (Fsp3) is 0.200. The summed E-state index contributed by atoms with van der Waals surface area (Å²) in [6, 6.07) is 19.5. The zero-order valence-corrected chi connectivity index (χ0v) is 14.0. The van der Waals surface area contributed by atoms with Gasteiger partial charge in [0.15, 0.2) is 0 Å². The van der Waals surface area contributed by atoms with Crippen molar-refractivity contribution in [1.29, 1.82) is 5.26 Å². The molecule has 25 heavy (non-hydrogen) atoms. The fourth-order valence-corrected chi connectivity index (χ4v) is 2.71. The SMILES string of the molecule is Cc1nn(-c2ccccc2)c(COc2cccc(CCO)c2)c1C#N. The van der Waals surface area contributed by atoms with Gasteiger partial charge in [-0.25, -0.2) is 4.68 Å². The zero-order valence-electron chi connectivity index (χ0n) is 14.0. The number of ether oxygens (including phenoxy) is 1. The largest absolute Gasteiger partial charge is 0.487 e. The van der Waals surface area contributed by atoms with Crippen LogP contribution in [0.3, 0.4) is 0 Å². The minimum absolute atomic E-state index is 0.0992. The smallest absolute Gasteiger partial charge is 0.132 e. The molecule has 0 saturated heterocycles. The number of aliphatic hydroxyl groups excluding tert-OH is 1. The first-order valence-corrected chi connectivity index (χ1v) is 8.09. The van der Waals surface area contributed by atoms with E-state index in [-0.39, 0.29) is 13.2 Å². The Morgan fingerprint density at radius 2 is 1.96 bits per heavy atom. The summed E-state index contributed by atoms with van der Waals surface area (Å²) in [6.07, 6.45) is 0.585. The summed E-state index contributed by atoms with van der Waals surface area (Å²) < 4.78 is 7.66. The number of aryl methyl sites for hydroxylation is 1. The molecule has 1 heterocycles. The van der Waals surface area contributed by atoms with Crippen molar-refractivity contribution in [3.63, 3.8) is 0 Å². The quantitative estimate of drug-likeness (QED) is 0.752. The van der Waals surface area contributed by atoms with Crippen LogP contribution < -0.4 is 4.74 Å². The van der Waals surface area contributed by atoms with Crippen LogP contribution >= 0.6 is 0 Å². The molecular formula is C20H19N3O2. The molecule has 0 aliphatic heterocycles. The average molecular weight is 333 g/mol. The second-order valence-corrected chi connectivity index (χ2v) is 5.68. The lowest BCUT2D eigenvalue weighted by atomic mass is 10.1. The summed E-state index contributed by atoms with van der Waals surface area (Å²) in [5, 5.41) is 23.0. The number of benzene rings is 2. The summed E-state index contributed by atoms with van der Waals surface area (Å²) in [7, 11) is 0. The highest BCUT2D eigenvalue weighted by molar-refractivity contribution is 5.43. The highest BCUT2D eigenvalue weighted by Gasteiger charge is 2.17. The molecule has 3 aromatic rings. The average Bonchev–Trinajstić information content (AvgIpc) is 2.97. The van der Waals surface area contributed by atoms with Gasteiger partial charge in [-0.2, -0.15) is 10.4 Å². The Bertz CT molecular complexity index is 895. The molecule has 0 aliphatic rings. The molecule has 1 aromatic heterocycles. The van der Waals surface area contributed by atoms with Gasteiger partial charge in [-0.15, -0.1) is 0 Å². The molecule has 2 aromatic carbocycles. The van der Waals surface area contributed by atoms with E-state index < -0.39 is 0 Å². The van der Waals surface area contributed by atoms with Crippen LogP contribution in [0.15, 0.2) is 54.6 Å². The number of nitrogens with zero attached hydrogens (tertiary/aromatic N) is 3. The predicted octanol–water partition coefficient (Wildman–Crippen LogP) is 3.17. The molecule has 0 fully saturated rings. The van der Waals surface area contributed by atoms with Crippen LogP contribution in [0.5, 0.6) is 5.75 Å². The lowest BCUT2D eigenvalue weighted by Gasteiger charge is -2.10.